The van der Waals surface area contributed by atoms with Crippen LogP contribution in [-0.2, 0) is 11.3 Å². The van der Waals surface area contributed by atoms with Gasteiger partial charge in [-0.05, 0) is 43.1 Å². The van der Waals surface area contributed by atoms with E-state index in [4.69, 9.17) is 16.7 Å². The maximum Gasteiger partial charge on any atom is 0.307 e. The molecule has 0 radical (unpaired) electrons. The Morgan fingerprint density at radius 2 is 2.35 bits per heavy atom. The van der Waals surface area contributed by atoms with E-state index in [1.54, 1.807) is 0 Å². The van der Waals surface area contributed by atoms with Gasteiger partial charge in [-0.1, -0.05) is 17.7 Å². The Balaban J connectivity index is 2.00. The second-order valence-electron chi connectivity index (χ2n) is 4.63. The molecule has 1 aromatic rings. The first-order valence-electron chi connectivity index (χ1n) is 5.76. The number of carboxylic acid groups (broad SMARTS) is 1. The Labute approximate surface area is 106 Å². The Kier molecular flexibility index (Phi) is 3.69. The van der Waals surface area contributed by atoms with Gasteiger partial charge in [0.25, 0.3) is 0 Å². The summed E-state index contributed by atoms with van der Waals surface area (Å²) < 4.78 is 0. The fourth-order valence-electron chi connectivity index (χ4n) is 2.26. The minimum absolute atomic E-state index is 0.206. The van der Waals surface area contributed by atoms with E-state index in [0.717, 1.165) is 30.1 Å². The number of hydrogen-bond acceptors (Lipinski definition) is 2. The van der Waals surface area contributed by atoms with E-state index in [1.807, 2.05) is 25.1 Å². The molecular formula is C13H16ClNO2. The molecule has 0 aliphatic carbocycles. The zero-order valence-electron chi connectivity index (χ0n) is 9.82. The van der Waals surface area contributed by atoms with Crippen LogP contribution in [0.3, 0.4) is 0 Å². The number of hydrogen-bond donors (Lipinski definition) is 1. The van der Waals surface area contributed by atoms with Crippen LogP contribution in [0.15, 0.2) is 18.2 Å². The first-order chi connectivity index (χ1) is 8.06. The molecule has 0 spiro atoms. The molecular weight excluding hydrogens is 238 g/mol. The highest BCUT2D eigenvalue weighted by atomic mass is 35.5. The van der Waals surface area contributed by atoms with E-state index in [1.165, 1.54) is 5.56 Å². The summed E-state index contributed by atoms with van der Waals surface area (Å²) in [4.78, 5) is 13.1. The average molecular weight is 254 g/mol. The van der Waals surface area contributed by atoms with Gasteiger partial charge in [-0.3, -0.25) is 9.69 Å². The molecule has 3 nitrogen and oxygen atoms in total. The third-order valence-corrected chi connectivity index (χ3v) is 3.56. The molecule has 1 aliphatic rings. The summed E-state index contributed by atoms with van der Waals surface area (Å²) in [5, 5.41) is 9.69. The summed E-state index contributed by atoms with van der Waals surface area (Å²) in [6.45, 7) is 4.36. The Morgan fingerprint density at radius 1 is 1.59 bits per heavy atom. The summed E-state index contributed by atoms with van der Waals surface area (Å²) in [5.74, 6) is -0.886. The Hall–Kier alpha value is -1.06. The summed E-state index contributed by atoms with van der Waals surface area (Å²) in [6, 6.07) is 5.85. The minimum Gasteiger partial charge on any atom is -0.481 e. The molecule has 0 saturated carbocycles. The Bertz CT molecular complexity index is 433. The molecule has 1 unspecified atom stereocenters. The number of nitrogens with zero attached hydrogens (tertiary/aromatic N) is 1. The fraction of sp³-hybridized carbons (Fsp3) is 0.462. The molecule has 92 valence electrons. The summed E-state index contributed by atoms with van der Waals surface area (Å²) >= 11 is 5.91. The van der Waals surface area contributed by atoms with E-state index >= 15 is 0 Å². The average Bonchev–Trinajstić information content (AvgIpc) is 2.71. The highest BCUT2D eigenvalue weighted by molar-refractivity contribution is 6.30. The minimum atomic E-state index is -0.680. The lowest BCUT2D eigenvalue weighted by molar-refractivity contribution is -0.141. The lowest BCUT2D eigenvalue weighted by Crippen LogP contribution is -2.23. The molecule has 17 heavy (non-hydrogen) atoms. The Morgan fingerprint density at radius 3 is 2.94 bits per heavy atom. The maximum absolute atomic E-state index is 10.9. The largest absolute Gasteiger partial charge is 0.481 e. The molecule has 1 fully saturated rings. The van der Waals surface area contributed by atoms with Gasteiger partial charge in [0.2, 0.25) is 0 Å². The first-order valence-corrected chi connectivity index (χ1v) is 6.14. The van der Waals surface area contributed by atoms with E-state index in [2.05, 4.69) is 4.90 Å². The SMILES string of the molecule is Cc1cc(Cl)ccc1CN1CCC(C(=O)O)C1. The van der Waals surface area contributed by atoms with Gasteiger partial charge < -0.3 is 5.11 Å². The number of rotatable bonds is 3. The van der Waals surface area contributed by atoms with Gasteiger partial charge in [0.15, 0.2) is 0 Å². The van der Waals surface area contributed by atoms with Gasteiger partial charge in [0, 0.05) is 18.1 Å². The van der Waals surface area contributed by atoms with Gasteiger partial charge in [-0.15, -0.1) is 0 Å². The number of benzene rings is 1. The highest BCUT2D eigenvalue weighted by Crippen LogP contribution is 2.21. The van der Waals surface area contributed by atoms with Crippen LogP contribution in [0, 0.1) is 12.8 Å². The molecule has 1 heterocycles. The quantitative estimate of drug-likeness (QED) is 0.900. The molecule has 0 bridgehead atoms. The van der Waals surface area contributed by atoms with Crippen LogP contribution >= 0.6 is 11.6 Å². The fourth-order valence-corrected chi connectivity index (χ4v) is 2.48. The van der Waals surface area contributed by atoms with Crippen LogP contribution in [0.4, 0.5) is 0 Å². The molecule has 1 N–H and O–H groups in total. The third kappa shape index (κ3) is 2.99. The van der Waals surface area contributed by atoms with Gasteiger partial charge >= 0.3 is 5.97 Å². The number of halogens is 1. The van der Waals surface area contributed by atoms with Crippen molar-refractivity contribution >= 4 is 17.6 Å². The van der Waals surface area contributed by atoms with Crippen molar-refractivity contribution < 1.29 is 9.90 Å². The summed E-state index contributed by atoms with van der Waals surface area (Å²) in [5.41, 5.74) is 2.39. The molecule has 2 rings (SSSR count). The van der Waals surface area contributed by atoms with Gasteiger partial charge in [-0.2, -0.15) is 0 Å². The zero-order valence-corrected chi connectivity index (χ0v) is 10.6. The van der Waals surface area contributed by atoms with Crippen LogP contribution in [0.2, 0.25) is 5.02 Å². The van der Waals surface area contributed by atoms with Crippen molar-refractivity contribution in [3.8, 4) is 0 Å². The second-order valence-corrected chi connectivity index (χ2v) is 5.07. The van der Waals surface area contributed by atoms with E-state index < -0.39 is 5.97 Å². The lowest BCUT2D eigenvalue weighted by Gasteiger charge is -2.16. The molecule has 1 aliphatic heterocycles. The zero-order chi connectivity index (χ0) is 12.4. The number of carboxylic acids is 1. The maximum atomic E-state index is 10.9. The van der Waals surface area contributed by atoms with Crippen molar-refractivity contribution in [2.24, 2.45) is 5.92 Å². The predicted molar refractivity (Wildman–Crippen MR) is 67.2 cm³/mol. The summed E-state index contributed by atoms with van der Waals surface area (Å²) in [6.07, 6.45) is 0.752. The van der Waals surface area contributed by atoms with Crippen LogP contribution in [0.1, 0.15) is 17.5 Å². The normalized spacial score (nSPS) is 20.7. The molecule has 1 atom stereocenters. The van der Waals surface area contributed by atoms with E-state index in [9.17, 15) is 4.79 Å². The molecule has 0 aromatic heterocycles. The van der Waals surface area contributed by atoms with E-state index in [-0.39, 0.29) is 5.92 Å². The number of aliphatic carboxylic acids is 1. The monoisotopic (exact) mass is 253 g/mol. The highest BCUT2D eigenvalue weighted by Gasteiger charge is 2.27. The van der Waals surface area contributed by atoms with E-state index in [0.29, 0.717) is 6.54 Å². The smallest absolute Gasteiger partial charge is 0.307 e. The number of likely N-dealkylation sites (tertiary alicyclic amines) is 1. The van der Waals surface area contributed by atoms with Crippen molar-refractivity contribution in [2.75, 3.05) is 13.1 Å². The molecule has 0 amide bonds. The van der Waals surface area contributed by atoms with Crippen molar-refractivity contribution in [1.82, 2.24) is 4.90 Å². The van der Waals surface area contributed by atoms with Crippen LogP contribution in [0.25, 0.3) is 0 Å². The number of carbonyl (C=O) groups is 1. The molecule has 1 saturated heterocycles. The predicted octanol–water partition coefficient (Wildman–Crippen LogP) is 2.55. The van der Waals surface area contributed by atoms with Crippen molar-refractivity contribution in [2.45, 2.75) is 19.9 Å². The molecule has 1 aromatic carbocycles. The van der Waals surface area contributed by atoms with Crippen LogP contribution < -0.4 is 0 Å². The van der Waals surface area contributed by atoms with Gasteiger partial charge in [-0.25, -0.2) is 0 Å². The van der Waals surface area contributed by atoms with Crippen molar-refractivity contribution in [1.29, 1.82) is 0 Å². The topological polar surface area (TPSA) is 40.5 Å². The molecule has 4 heteroatoms. The summed E-state index contributed by atoms with van der Waals surface area (Å²) in [7, 11) is 0. The lowest BCUT2D eigenvalue weighted by atomic mass is 10.1. The second kappa shape index (κ2) is 5.07. The third-order valence-electron chi connectivity index (χ3n) is 3.32. The number of aryl methyl sites for hydroxylation is 1. The van der Waals surface area contributed by atoms with Crippen molar-refractivity contribution in [3.63, 3.8) is 0 Å². The standard InChI is InChI=1S/C13H16ClNO2/c1-9-6-12(14)3-2-10(9)7-15-5-4-11(8-15)13(16)17/h2-3,6,11H,4-5,7-8H2,1H3,(H,16,17). The van der Waals surface area contributed by atoms with Crippen LogP contribution in [0.5, 0.6) is 0 Å². The van der Waals surface area contributed by atoms with Crippen molar-refractivity contribution in [3.05, 3.63) is 34.3 Å². The first kappa shape index (κ1) is 12.4. The van der Waals surface area contributed by atoms with Gasteiger partial charge in [0.1, 0.15) is 0 Å². The van der Waals surface area contributed by atoms with Gasteiger partial charge in [0.05, 0.1) is 5.92 Å². The van der Waals surface area contributed by atoms with Crippen LogP contribution in [-0.4, -0.2) is 29.1 Å².